The van der Waals surface area contributed by atoms with Gasteiger partial charge in [0.15, 0.2) is 5.78 Å². The lowest BCUT2D eigenvalue weighted by Crippen LogP contribution is -1.98. The molecule has 5 nitrogen and oxygen atoms in total. The van der Waals surface area contributed by atoms with Crippen LogP contribution in [0.4, 0.5) is 11.4 Å². The number of carbonyl (C=O) groups is 1. The zero-order chi connectivity index (χ0) is 16.1. The van der Waals surface area contributed by atoms with E-state index in [1.807, 2.05) is 0 Å². The van der Waals surface area contributed by atoms with E-state index in [0.717, 1.165) is 4.47 Å². The molecule has 0 aliphatic rings. The molecule has 0 saturated carbocycles. The minimum atomic E-state index is -0.543. The molecule has 0 amide bonds. The lowest BCUT2D eigenvalue weighted by molar-refractivity contribution is -0.383. The maximum Gasteiger partial charge on any atom is 0.294 e. The molecule has 0 atom stereocenters. The highest BCUT2D eigenvalue weighted by molar-refractivity contribution is 9.10. The van der Waals surface area contributed by atoms with Crippen molar-refractivity contribution in [2.45, 2.75) is 0 Å². The first-order valence-electron chi connectivity index (χ1n) is 6.14. The van der Waals surface area contributed by atoms with E-state index in [2.05, 4.69) is 21.2 Å². The third-order valence-corrected chi connectivity index (χ3v) is 3.52. The Morgan fingerprint density at radius 2 is 1.91 bits per heavy atom. The Kier molecular flexibility index (Phi) is 5.30. The van der Waals surface area contributed by atoms with Crippen molar-refractivity contribution in [3.8, 4) is 0 Å². The van der Waals surface area contributed by atoms with Gasteiger partial charge in [-0.1, -0.05) is 27.5 Å². The fourth-order valence-electron chi connectivity index (χ4n) is 1.70. The summed E-state index contributed by atoms with van der Waals surface area (Å²) in [6.45, 7) is 0. The van der Waals surface area contributed by atoms with Crippen LogP contribution in [0.15, 0.2) is 59.2 Å². The maximum absolute atomic E-state index is 11.9. The molecule has 0 spiro atoms. The third kappa shape index (κ3) is 4.16. The fraction of sp³-hybridized carbons (Fsp3) is 0. The van der Waals surface area contributed by atoms with Gasteiger partial charge in [0.05, 0.1) is 4.92 Å². The molecule has 22 heavy (non-hydrogen) atoms. The molecular formula is C15H10BrClN2O3. The Labute approximate surface area is 139 Å². The van der Waals surface area contributed by atoms with Crippen LogP contribution >= 0.6 is 27.5 Å². The first-order chi connectivity index (χ1) is 10.5. The topological polar surface area (TPSA) is 72.2 Å². The van der Waals surface area contributed by atoms with Gasteiger partial charge in [-0.25, -0.2) is 0 Å². The number of carbonyl (C=O) groups excluding carboxylic acids is 1. The van der Waals surface area contributed by atoms with E-state index in [1.165, 1.54) is 30.5 Å². The molecule has 0 aromatic heterocycles. The number of halogens is 2. The number of hydrogen-bond acceptors (Lipinski definition) is 4. The molecule has 0 unspecified atom stereocenters. The Bertz CT molecular complexity index is 745. The number of anilines is 1. The van der Waals surface area contributed by atoms with Crippen LogP contribution in [-0.4, -0.2) is 10.7 Å². The number of rotatable bonds is 5. The van der Waals surface area contributed by atoms with Gasteiger partial charge in [-0.2, -0.15) is 0 Å². The molecule has 0 aliphatic heterocycles. The minimum absolute atomic E-state index is 0.159. The summed E-state index contributed by atoms with van der Waals surface area (Å²) in [5, 5.41) is 13.9. The summed E-state index contributed by atoms with van der Waals surface area (Å²) in [4.78, 5) is 22.3. The average molecular weight is 382 g/mol. The Hall–Kier alpha value is -2.18. The van der Waals surface area contributed by atoms with E-state index in [9.17, 15) is 14.9 Å². The maximum atomic E-state index is 11.9. The van der Waals surface area contributed by atoms with Crippen LogP contribution in [0.5, 0.6) is 0 Å². The molecule has 2 aromatic carbocycles. The van der Waals surface area contributed by atoms with Crippen molar-refractivity contribution in [3.05, 3.63) is 79.9 Å². The summed E-state index contributed by atoms with van der Waals surface area (Å²) in [5.74, 6) is -0.211. The van der Waals surface area contributed by atoms with Gasteiger partial charge in [-0.05, 0) is 36.4 Å². The highest BCUT2D eigenvalue weighted by atomic mass is 79.9. The molecule has 0 bridgehead atoms. The quantitative estimate of drug-likeness (QED) is 0.349. The first-order valence-corrected chi connectivity index (χ1v) is 7.31. The number of allylic oxidation sites excluding steroid dienone is 1. The van der Waals surface area contributed by atoms with Crippen LogP contribution in [0.3, 0.4) is 0 Å². The van der Waals surface area contributed by atoms with Crippen LogP contribution in [-0.2, 0) is 0 Å². The van der Waals surface area contributed by atoms with E-state index < -0.39 is 4.92 Å². The highest BCUT2D eigenvalue weighted by Crippen LogP contribution is 2.27. The number of nitro groups is 1. The number of hydrogen-bond donors (Lipinski definition) is 1. The van der Waals surface area contributed by atoms with Gasteiger partial charge in [-0.3, -0.25) is 14.9 Å². The number of nitrogens with one attached hydrogen (secondary N) is 1. The normalized spacial score (nSPS) is 10.6. The van der Waals surface area contributed by atoms with Crippen molar-refractivity contribution in [3.63, 3.8) is 0 Å². The summed E-state index contributed by atoms with van der Waals surface area (Å²) in [6.07, 6.45) is 2.67. The summed E-state index contributed by atoms with van der Waals surface area (Å²) in [6, 6.07) is 11.1. The minimum Gasteiger partial charge on any atom is -0.356 e. The van der Waals surface area contributed by atoms with Gasteiger partial charge >= 0.3 is 0 Å². The van der Waals surface area contributed by atoms with Gasteiger partial charge in [0.2, 0.25) is 0 Å². The van der Waals surface area contributed by atoms with E-state index in [0.29, 0.717) is 5.56 Å². The molecule has 7 heteroatoms. The van der Waals surface area contributed by atoms with Crippen molar-refractivity contribution >= 4 is 44.7 Å². The number of nitro benzene ring substituents is 1. The van der Waals surface area contributed by atoms with E-state index >= 15 is 0 Å². The lowest BCUT2D eigenvalue weighted by Gasteiger charge is -2.02. The van der Waals surface area contributed by atoms with Gasteiger partial charge in [0.25, 0.3) is 5.69 Å². The average Bonchev–Trinajstić information content (AvgIpc) is 2.49. The monoisotopic (exact) mass is 380 g/mol. The van der Waals surface area contributed by atoms with Crippen molar-refractivity contribution in [1.82, 2.24) is 0 Å². The molecule has 0 radical (unpaired) electrons. The molecule has 112 valence electrons. The Morgan fingerprint density at radius 3 is 2.55 bits per heavy atom. The summed E-state index contributed by atoms with van der Waals surface area (Å²) >= 11 is 9.02. The summed E-state index contributed by atoms with van der Waals surface area (Å²) in [5.41, 5.74) is 0.620. The fourth-order valence-corrected chi connectivity index (χ4v) is 2.13. The molecule has 0 fully saturated rings. The third-order valence-electron chi connectivity index (χ3n) is 2.76. The SMILES string of the molecule is O=C(/C=C/Nc1ccc(Cl)cc1[N+](=O)[O-])c1ccc(Br)cc1. The Balaban J connectivity index is 2.11. The van der Waals surface area contributed by atoms with Crippen LogP contribution in [0.25, 0.3) is 0 Å². The molecule has 1 N–H and O–H groups in total. The van der Waals surface area contributed by atoms with Crippen LogP contribution in [0.1, 0.15) is 10.4 Å². The molecule has 2 rings (SSSR count). The van der Waals surface area contributed by atoms with E-state index in [1.54, 1.807) is 24.3 Å². The summed E-state index contributed by atoms with van der Waals surface area (Å²) < 4.78 is 0.878. The van der Waals surface area contributed by atoms with Gasteiger partial charge in [0.1, 0.15) is 5.69 Å². The molecule has 2 aromatic rings. The second-order valence-corrected chi connectivity index (χ2v) is 5.62. The largest absolute Gasteiger partial charge is 0.356 e. The van der Waals surface area contributed by atoms with E-state index in [-0.39, 0.29) is 22.2 Å². The van der Waals surface area contributed by atoms with Gasteiger partial charge in [0, 0.05) is 33.4 Å². The number of ketones is 1. The van der Waals surface area contributed by atoms with Crippen molar-refractivity contribution < 1.29 is 9.72 Å². The molecule has 0 heterocycles. The lowest BCUT2D eigenvalue weighted by atomic mass is 10.1. The second-order valence-electron chi connectivity index (χ2n) is 4.27. The summed E-state index contributed by atoms with van der Waals surface area (Å²) in [7, 11) is 0. The van der Waals surface area contributed by atoms with Crippen molar-refractivity contribution in [2.24, 2.45) is 0 Å². The second kappa shape index (κ2) is 7.20. The zero-order valence-electron chi connectivity index (χ0n) is 11.1. The predicted octanol–water partition coefficient (Wildman–Crippen LogP) is 4.82. The first kappa shape index (κ1) is 16.2. The Morgan fingerprint density at radius 1 is 1.23 bits per heavy atom. The van der Waals surface area contributed by atoms with E-state index in [4.69, 9.17) is 11.6 Å². The van der Waals surface area contributed by atoms with Crippen LogP contribution < -0.4 is 5.32 Å². The van der Waals surface area contributed by atoms with Crippen LogP contribution in [0, 0.1) is 10.1 Å². The molecular weight excluding hydrogens is 372 g/mol. The predicted molar refractivity (Wildman–Crippen MR) is 89.3 cm³/mol. The van der Waals surface area contributed by atoms with Crippen molar-refractivity contribution in [2.75, 3.05) is 5.32 Å². The standard InChI is InChI=1S/C15H10BrClN2O3/c16-11-3-1-10(2-4-11)15(20)7-8-18-13-6-5-12(17)9-14(13)19(21)22/h1-9,18H/b8-7+. The smallest absolute Gasteiger partial charge is 0.294 e. The number of benzene rings is 2. The van der Waals surface area contributed by atoms with Gasteiger partial charge in [-0.15, -0.1) is 0 Å². The number of nitrogens with zero attached hydrogens (tertiary/aromatic N) is 1. The molecule has 0 saturated heterocycles. The molecule has 0 aliphatic carbocycles. The zero-order valence-corrected chi connectivity index (χ0v) is 13.5. The van der Waals surface area contributed by atoms with Gasteiger partial charge < -0.3 is 5.32 Å². The highest BCUT2D eigenvalue weighted by Gasteiger charge is 2.13. The van der Waals surface area contributed by atoms with Crippen LogP contribution in [0.2, 0.25) is 5.02 Å². The van der Waals surface area contributed by atoms with Crippen molar-refractivity contribution in [1.29, 1.82) is 0 Å².